The van der Waals surface area contributed by atoms with E-state index in [1.54, 1.807) is 0 Å². The molecular weight excluding hydrogens is 378 g/mol. The number of rotatable bonds is 7. The second kappa shape index (κ2) is 8.71. The molecule has 3 aliphatic rings. The van der Waals surface area contributed by atoms with Crippen molar-refractivity contribution in [2.24, 2.45) is 0 Å². The zero-order valence-electron chi connectivity index (χ0n) is 16.9. The Morgan fingerprint density at radius 3 is 2.69 bits per heavy atom. The van der Waals surface area contributed by atoms with Gasteiger partial charge >= 0.3 is 17.9 Å². The number of aryl methyl sites for hydroxylation is 1. The topological polar surface area (TPSA) is 92.1 Å². The molecule has 160 valence electrons. The molecule has 4 rings (SSSR count). The Labute approximate surface area is 170 Å². The van der Waals surface area contributed by atoms with E-state index >= 15 is 0 Å². The van der Waals surface area contributed by atoms with E-state index in [1.807, 2.05) is 6.07 Å². The zero-order chi connectivity index (χ0) is 20.3. The van der Waals surface area contributed by atoms with Crippen LogP contribution >= 0.6 is 0 Å². The van der Waals surface area contributed by atoms with Crippen LogP contribution in [-0.4, -0.2) is 65.4 Å². The van der Waals surface area contributed by atoms with E-state index in [0.717, 1.165) is 25.1 Å². The molecule has 0 aromatic carbocycles. The van der Waals surface area contributed by atoms with Crippen LogP contribution in [0.15, 0.2) is 6.07 Å². The third-order valence-electron chi connectivity index (χ3n) is 5.75. The van der Waals surface area contributed by atoms with E-state index in [4.69, 9.17) is 18.9 Å². The molecule has 2 aliphatic heterocycles. The lowest BCUT2D eigenvalue weighted by molar-refractivity contribution is -0.338. The Balaban J connectivity index is 1.18. The largest absolute Gasteiger partial charge is 0.477 e. The molecule has 3 heterocycles. The SMILES string of the molecule is Cc1cc(OCCCCN2CCOC3(C2)OC(=O)C(=O)O3)nn1C1CCCCC1. The van der Waals surface area contributed by atoms with Crippen molar-refractivity contribution >= 4 is 11.9 Å². The Kier molecular flexibility index (Phi) is 6.05. The number of carbonyl (C=O) groups is 2. The molecule has 1 spiro atoms. The Hall–Kier alpha value is -2.13. The van der Waals surface area contributed by atoms with Crippen LogP contribution in [0.25, 0.3) is 0 Å². The van der Waals surface area contributed by atoms with Gasteiger partial charge < -0.3 is 18.9 Å². The highest BCUT2D eigenvalue weighted by atomic mass is 16.9. The lowest BCUT2D eigenvalue weighted by Crippen LogP contribution is -2.53. The van der Waals surface area contributed by atoms with Gasteiger partial charge in [-0.1, -0.05) is 19.3 Å². The molecule has 0 radical (unpaired) electrons. The van der Waals surface area contributed by atoms with Gasteiger partial charge in [-0.25, -0.2) is 9.59 Å². The van der Waals surface area contributed by atoms with Gasteiger partial charge in [0.15, 0.2) is 0 Å². The highest BCUT2D eigenvalue weighted by Gasteiger charge is 2.52. The maximum Gasteiger partial charge on any atom is 0.422 e. The summed E-state index contributed by atoms with van der Waals surface area (Å²) in [6, 6.07) is 2.52. The molecule has 9 heteroatoms. The minimum atomic E-state index is -1.56. The van der Waals surface area contributed by atoms with Crippen molar-refractivity contribution < 1.29 is 28.5 Å². The number of ether oxygens (including phenoxy) is 4. The number of esters is 2. The van der Waals surface area contributed by atoms with Crippen molar-refractivity contribution in [3.05, 3.63) is 11.8 Å². The molecule has 0 amide bonds. The second-order valence-corrected chi connectivity index (χ2v) is 8.00. The number of hydrogen-bond acceptors (Lipinski definition) is 8. The Bertz CT molecular complexity index is 727. The van der Waals surface area contributed by atoms with Gasteiger partial charge in [-0.2, -0.15) is 0 Å². The van der Waals surface area contributed by atoms with Crippen molar-refractivity contribution in [2.45, 2.75) is 63.9 Å². The van der Waals surface area contributed by atoms with Gasteiger partial charge in [0.1, 0.15) is 6.54 Å². The summed E-state index contributed by atoms with van der Waals surface area (Å²) >= 11 is 0. The lowest BCUT2D eigenvalue weighted by Gasteiger charge is -2.36. The summed E-state index contributed by atoms with van der Waals surface area (Å²) in [5.74, 6) is -2.86. The normalized spacial score (nSPS) is 22.7. The number of unbranched alkanes of at least 4 members (excludes halogenated alkanes) is 1. The van der Waals surface area contributed by atoms with Gasteiger partial charge in [0.25, 0.3) is 0 Å². The van der Waals surface area contributed by atoms with Crippen molar-refractivity contribution in [1.82, 2.24) is 14.7 Å². The first-order valence-electron chi connectivity index (χ1n) is 10.6. The minimum Gasteiger partial charge on any atom is -0.477 e. The first-order valence-corrected chi connectivity index (χ1v) is 10.6. The van der Waals surface area contributed by atoms with Crippen LogP contribution in [0.3, 0.4) is 0 Å². The zero-order valence-corrected chi connectivity index (χ0v) is 16.9. The smallest absolute Gasteiger partial charge is 0.422 e. The van der Waals surface area contributed by atoms with Gasteiger partial charge in [-0.3, -0.25) is 9.58 Å². The van der Waals surface area contributed by atoms with E-state index < -0.39 is 17.9 Å². The van der Waals surface area contributed by atoms with Crippen LogP contribution in [-0.2, 0) is 23.8 Å². The first kappa shape index (κ1) is 20.2. The predicted molar refractivity (Wildman–Crippen MR) is 101 cm³/mol. The number of nitrogens with zero attached hydrogens (tertiary/aromatic N) is 3. The number of hydrogen-bond donors (Lipinski definition) is 0. The highest BCUT2D eigenvalue weighted by Crippen LogP contribution is 2.30. The summed E-state index contributed by atoms with van der Waals surface area (Å²) in [5, 5.41) is 4.65. The third kappa shape index (κ3) is 4.72. The van der Waals surface area contributed by atoms with Crippen molar-refractivity contribution in [3.63, 3.8) is 0 Å². The molecule has 0 N–H and O–H groups in total. The van der Waals surface area contributed by atoms with E-state index in [1.165, 1.54) is 32.1 Å². The van der Waals surface area contributed by atoms with E-state index in [-0.39, 0.29) is 6.54 Å². The average Bonchev–Trinajstić information content (AvgIpc) is 3.21. The Morgan fingerprint density at radius 2 is 1.93 bits per heavy atom. The summed E-state index contributed by atoms with van der Waals surface area (Å²) in [7, 11) is 0. The summed E-state index contributed by atoms with van der Waals surface area (Å²) in [5.41, 5.74) is 1.16. The predicted octanol–water partition coefficient (Wildman–Crippen LogP) is 1.94. The molecule has 0 atom stereocenters. The molecule has 29 heavy (non-hydrogen) atoms. The Morgan fingerprint density at radius 1 is 1.17 bits per heavy atom. The fraction of sp³-hybridized carbons (Fsp3) is 0.750. The molecule has 1 aliphatic carbocycles. The molecule has 1 saturated carbocycles. The van der Waals surface area contributed by atoms with Crippen LogP contribution in [0.1, 0.15) is 56.7 Å². The number of morpholine rings is 1. The van der Waals surface area contributed by atoms with E-state index in [9.17, 15) is 9.59 Å². The van der Waals surface area contributed by atoms with Crippen molar-refractivity contribution in [3.8, 4) is 5.88 Å². The highest BCUT2D eigenvalue weighted by molar-refractivity contribution is 6.31. The van der Waals surface area contributed by atoms with Gasteiger partial charge in [0.05, 0.1) is 19.3 Å². The van der Waals surface area contributed by atoms with Gasteiger partial charge in [-0.05, 0) is 39.2 Å². The van der Waals surface area contributed by atoms with Gasteiger partial charge in [-0.15, -0.1) is 5.10 Å². The number of carbonyl (C=O) groups excluding carboxylic acids is 2. The molecule has 0 bridgehead atoms. The summed E-state index contributed by atoms with van der Waals surface area (Å²) in [6.07, 6.45) is 8.07. The minimum absolute atomic E-state index is 0.232. The molecule has 1 aromatic heterocycles. The van der Waals surface area contributed by atoms with Gasteiger partial charge in [0, 0.05) is 18.3 Å². The van der Waals surface area contributed by atoms with E-state index in [0.29, 0.717) is 31.7 Å². The van der Waals surface area contributed by atoms with E-state index in [2.05, 4.69) is 21.6 Å². The van der Waals surface area contributed by atoms with Crippen LogP contribution in [0.2, 0.25) is 0 Å². The first-order chi connectivity index (χ1) is 14.0. The van der Waals surface area contributed by atoms with Crippen LogP contribution in [0.5, 0.6) is 5.88 Å². The van der Waals surface area contributed by atoms with Gasteiger partial charge in [0.2, 0.25) is 5.88 Å². The van der Waals surface area contributed by atoms with Crippen molar-refractivity contribution in [2.75, 3.05) is 32.8 Å². The molecule has 2 saturated heterocycles. The molecular formula is C20H29N3O6. The summed E-state index contributed by atoms with van der Waals surface area (Å²) in [6.45, 7) is 4.74. The van der Waals surface area contributed by atoms with Crippen LogP contribution in [0, 0.1) is 6.92 Å². The van der Waals surface area contributed by atoms with Crippen molar-refractivity contribution in [1.29, 1.82) is 0 Å². The fourth-order valence-electron chi connectivity index (χ4n) is 4.27. The lowest BCUT2D eigenvalue weighted by atomic mass is 9.95. The maximum atomic E-state index is 11.3. The molecule has 1 aromatic rings. The number of aromatic nitrogens is 2. The fourth-order valence-corrected chi connectivity index (χ4v) is 4.27. The maximum absolute atomic E-state index is 11.3. The summed E-state index contributed by atoms with van der Waals surface area (Å²) in [4.78, 5) is 24.7. The summed E-state index contributed by atoms with van der Waals surface area (Å²) < 4.78 is 23.3. The quantitative estimate of drug-likeness (QED) is 0.385. The molecule has 0 unspecified atom stereocenters. The second-order valence-electron chi connectivity index (χ2n) is 8.00. The molecule has 3 fully saturated rings. The van der Waals surface area contributed by atoms with Crippen LogP contribution < -0.4 is 4.74 Å². The van der Waals surface area contributed by atoms with Crippen LogP contribution in [0.4, 0.5) is 0 Å². The standard InChI is InChI=1S/C20H29N3O6/c1-15-13-17(21-23(15)16-7-3-2-4-8-16)26-11-6-5-9-22-10-12-27-20(14-22)28-18(24)19(25)29-20/h13,16H,2-12,14H2,1H3. The molecule has 9 nitrogen and oxygen atoms in total. The third-order valence-corrected chi connectivity index (χ3v) is 5.75. The average molecular weight is 407 g/mol. The monoisotopic (exact) mass is 407 g/mol.